The van der Waals surface area contributed by atoms with Gasteiger partial charge < -0.3 is 5.32 Å². The van der Waals surface area contributed by atoms with Gasteiger partial charge in [0, 0.05) is 11.6 Å². The van der Waals surface area contributed by atoms with Crippen molar-refractivity contribution < 1.29 is 8.42 Å². The van der Waals surface area contributed by atoms with E-state index in [4.69, 9.17) is 0 Å². The Labute approximate surface area is 137 Å². The summed E-state index contributed by atoms with van der Waals surface area (Å²) in [6, 6.07) is 19.3. The lowest BCUT2D eigenvalue weighted by atomic mass is 9.83. The Morgan fingerprint density at radius 1 is 0.957 bits per heavy atom. The van der Waals surface area contributed by atoms with Gasteiger partial charge in [0.05, 0.1) is 10.1 Å². The predicted octanol–water partition coefficient (Wildman–Crippen LogP) is 3.27. The summed E-state index contributed by atoms with van der Waals surface area (Å²) in [6.07, 6.45) is 3.69. The molecule has 0 amide bonds. The van der Waals surface area contributed by atoms with Gasteiger partial charge in [-0.1, -0.05) is 48.5 Å². The Hall–Kier alpha value is -1.65. The van der Waals surface area contributed by atoms with E-state index in [0.29, 0.717) is 11.3 Å². The third-order valence-electron chi connectivity index (χ3n) is 5.38. The van der Waals surface area contributed by atoms with Crippen LogP contribution in [0.3, 0.4) is 0 Å². The van der Waals surface area contributed by atoms with Gasteiger partial charge in [-0.05, 0) is 43.4 Å². The summed E-state index contributed by atoms with van der Waals surface area (Å²) in [5.41, 5.74) is 1.03. The predicted molar refractivity (Wildman–Crippen MR) is 90.9 cm³/mol. The van der Waals surface area contributed by atoms with Crippen LogP contribution in [0.4, 0.5) is 0 Å². The first-order valence-electron chi connectivity index (χ1n) is 8.24. The summed E-state index contributed by atoms with van der Waals surface area (Å²) in [4.78, 5) is 0.447. The minimum Gasteiger partial charge on any atom is -0.303 e. The maximum atomic E-state index is 13.1. The van der Waals surface area contributed by atoms with Crippen molar-refractivity contribution in [2.45, 2.75) is 47.4 Å². The van der Waals surface area contributed by atoms with E-state index in [-0.39, 0.29) is 16.8 Å². The molecule has 0 radical (unpaired) electrons. The Balaban J connectivity index is 1.73. The fourth-order valence-corrected chi connectivity index (χ4v) is 6.29. The minimum atomic E-state index is -3.30. The molecule has 3 atom stereocenters. The Bertz CT molecular complexity index is 789. The van der Waals surface area contributed by atoms with Crippen molar-refractivity contribution in [3.05, 3.63) is 66.2 Å². The highest BCUT2D eigenvalue weighted by Gasteiger charge is 2.52. The Kier molecular flexibility index (Phi) is 3.54. The number of rotatable bonds is 3. The molecule has 2 bridgehead atoms. The van der Waals surface area contributed by atoms with Crippen molar-refractivity contribution in [1.29, 1.82) is 0 Å². The van der Waals surface area contributed by atoms with Crippen molar-refractivity contribution in [3.63, 3.8) is 0 Å². The fourth-order valence-electron chi connectivity index (χ4n) is 4.26. The number of piperidine rings is 1. The van der Waals surface area contributed by atoms with Crippen LogP contribution in [0.5, 0.6) is 0 Å². The van der Waals surface area contributed by atoms with Gasteiger partial charge in [0.1, 0.15) is 0 Å². The van der Waals surface area contributed by atoms with Crippen LogP contribution in [0.2, 0.25) is 0 Å². The van der Waals surface area contributed by atoms with E-state index in [0.717, 1.165) is 19.3 Å². The number of fused-ring (bicyclic) bond motifs is 2. The topological polar surface area (TPSA) is 46.2 Å². The Morgan fingerprint density at radius 3 is 2.30 bits per heavy atom. The SMILES string of the molecule is O=S(=O)(c1ccccc1)C1CC2(c3ccccc3)CCCC1N2. The molecule has 2 fully saturated rings. The van der Waals surface area contributed by atoms with E-state index in [2.05, 4.69) is 17.4 Å². The number of benzene rings is 2. The molecule has 4 rings (SSSR count). The van der Waals surface area contributed by atoms with Gasteiger partial charge in [-0.25, -0.2) is 8.42 Å². The third kappa shape index (κ3) is 2.41. The second-order valence-corrected chi connectivity index (χ2v) is 8.86. The molecule has 3 nitrogen and oxygen atoms in total. The van der Waals surface area contributed by atoms with Crippen LogP contribution in [-0.4, -0.2) is 19.7 Å². The highest BCUT2D eigenvalue weighted by Crippen LogP contribution is 2.46. The number of sulfone groups is 1. The zero-order valence-corrected chi connectivity index (χ0v) is 13.8. The normalized spacial score (nSPS) is 30.3. The van der Waals surface area contributed by atoms with Gasteiger partial charge in [0.15, 0.2) is 9.84 Å². The molecule has 0 saturated carbocycles. The zero-order chi connectivity index (χ0) is 15.9. The van der Waals surface area contributed by atoms with Gasteiger partial charge in [0.25, 0.3) is 0 Å². The molecule has 1 N–H and O–H groups in total. The Morgan fingerprint density at radius 2 is 1.61 bits per heavy atom. The van der Waals surface area contributed by atoms with E-state index in [1.54, 1.807) is 24.3 Å². The largest absolute Gasteiger partial charge is 0.303 e. The van der Waals surface area contributed by atoms with Gasteiger partial charge in [-0.15, -0.1) is 0 Å². The maximum Gasteiger partial charge on any atom is 0.182 e. The van der Waals surface area contributed by atoms with Crippen molar-refractivity contribution >= 4 is 9.84 Å². The molecule has 23 heavy (non-hydrogen) atoms. The quantitative estimate of drug-likeness (QED) is 0.941. The minimum absolute atomic E-state index is 0.0502. The van der Waals surface area contributed by atoms with Crippen LogP contribution in [0.25, 0.3) is 0 Å². The van der Waals surface area contributed by atoms with Crippen molar-refractivity contribution in [1.82, 2.24) is 5.32 Å². The van der Waals surface area contributed by atoms with Crippen LogP contribution in [0, 0.1) is 0 Å². The molecular formula is C19H21NO2S. The fraction of sp³-hybridized carbons (Fsp3) is 0.368. The average Bonchev–Trinajstić information content (AvgIpc) is 2.88. The van der Waals surface area contributed by atoms with Crippen LogP contribution in [-0.2, 0) is 15.4 Å². The number of hydrogen-bond acceptors (Lipinski definition) is 3. The molecule has 2 heterocycles. The van der Waals surface area contributed by atoms with Crippen molar-refractivity contribution in [2.75, 3.05) is 0 Å². The van der Waals surface area contributed by atoms with Crippen molar-refractivity contribution in [2.24, 2.45) is 0 Å². The van der Waals surface area contributed by atoms with Gasteiger partial charge in [0.2, 0.25) is 0 Å². The van der Waals surface area contributed by atoms with E-state index >= 15 is 0 Å². The van der Waals surface area contributed by atoms with E-state index in [1.807, 2.05) is 24.3 Å². The first kappa shape index (κ1) is 14.9. The molecule has 0 aliphatic carbocycles. The molecule has 120 valence electrons. The second-order valence-electron chi connectivity index (χ2n) is 6.69. The first-order valence-corrected chi connectivity index (χ1v) is 9.79. The van der Waals surface area contributed by atoms with Gasteiger partial charge >= 0.3 is 0 Å². The highest BCUT2D eigenvalue weighted by molar-refractivity contribution is 7.92. The third-order valence-corrected chi connectivity index (χ3v) is 7.60. The van der Waals surface area contributed by atoms with Crippen molar-refractivity contribution in [3.8, 4) is 0 Å². The monoisotopic (exact) mass is 327 g/mol. The standard InChI is InChI=1S/C19H21NO2S/c21-23(22,16-10-5-2-6-11-16)18-14-19(13-7-12-17(18)20-19)15-8-3-1-4-9-15/h1-6,8-11,17-18,20H,7,12-14H2. The molecule has 3 unspecified atom stereocenters. The van der Waals surface area contributed by atoms with Gasteiger partial charge in [-0.2, -0.15) is 0 Å². The smallest absolute Gasteiger partial charge is 0.182 e. The molecule has 0 spiro atoms. The van der Waals surface area contributed by atoms with Crippen LogP contribution < -0.4 is 5.32 Å². The average molecular weight is 327 g/mol. The number of nitrogens with one attached hydrogen (secondary N) is 1. The lowest BCUT2D eigenvalue weighted by molar-refractivity contribution is 0.280. The van der Waals surface area contributed by atoms with Gasteiger partial charge in [-0.3, -0.25) is 0 Å². The summed E-state index contributed by atoms with van der Waals surface area (Å²) < 4.78 is 26.2. The summed E-state index contributed by atoms with van der Waals surface area (Å²) in [5, 5.41) is 3.33. The van der Waals surface area contributed by atoms with E-state index < -0.39 is 9.84 Å². The molecule has 2 aromatic rings. The maximum absolute atomic E-state index is 13.1. The lowest BCUT2D eigenvalue weighted by Gasteiger charge is -2.35. The molecule has 2 aromatic carbocycles. The zero-order valence-electron chi connectivity index (χ0n) is 13.0. The number of hydrogen-bond donors (Lipinski definition) is 1. The molecule has 4 heteroatoms. The van der Waals surface area contributed by atoms with E-state index in [1.165, 1.54) is 5.56 Å². The summed E-state index contributed by atoms with van der Waals surface area (Å²) in [7, 11) is -3.30. The first-order chi connectivity index (χ1) is 11.1. The molecule has 2 aliphatic heterocycles. The lowest BCUT2D eigenvalue weighted by Crippen LogP contribution is -2.45. The van der Waals surface area contributed by atoms with Crippen LogP contribution in [0.15, 0.2) is 65.6 Å². The molecule has 2 aliphatic rings. The molecule has 0 aromatic heterocycles. The second kappa shape index (κ2) is 5.46. The summed E-state index contributed by atoms with van der Waals surface area (Å²) in [5.74, 6) is 0. The van der Waals surface area contributed by atoms with Crippen LogP contribution >= 0.6 is 0 Å². The summed E-state index contributed by atoms with van der Waals surface area (Å²) >= 11 is 0. The summed E-state index contributed by atoms with van der Waals surface area (Å²) in [6.45, 7) is 0. The molecular weight excluding hydrogens is 306 g/mol. The highest BCUT2D eigenvalue weighted by atomic mass is 32.2. The molecule has 2 saturated heterocycles. The van der Waals surface area contributed by atoms with Crippen LogP contribution in [0.1, 0.15) is 31.2 Å². The van der Waals surface area contributed by atoms with E-state index in [9.17, 15) is 8.42 Å².